The van der Waals surface area contributed by atoms with Gasteiger partial charge in [-0.25, -0.2) is 0 Å². The Hall–Kier alpha value is -1.90. The molecule has 1 heterocycles. The largest absolute Gasteiger partial charge is 0.388 e. The number of rotatable bonds is 5. The maximum atomic E-state index is 10.9. The molecule has 0 amide bonds. The van der Waals surface area contributed by atoms with Crippen LogP contribution in [0.1, 0.15) is 42.9 Å². The van der Waals surface area contributed by atoms with E-state index in [1.807, 2.05) is 12.1 Å². The Morgan fingerprint density at radius 3 is 2.61 bits per heavy atom. The number of nitrogens with zero attached hydrogens (tertiary/aromatic N) is 1. The first-order chi connectivity index (χ1) is 11.2. The molecule has 3 rings (SSSR count). The van der Waals surface area contributed by atoms with E-state index >= 15 is 0 Å². The molecule has 0 saturated carbocycles. The van der Waals surface area contributed by atoms with E-state index in [1.54, 1.807) is 18.5 Å². The van der Waals surface area contributed by atoms with Crippen molar-refractivity contribution in [3.8, 4) is 0 Å². The third-order valence-electron chi connectivity index (χ3n) is 4.30. The Bertz CT molecular complexity index is 802. The molecule has 118 valence electrons. The number of fused-ring (bicyclic) bond motifs is 1. The van der Waals surface area contributed by atoms with E-state index in [0.29, 0.717) is 5.02 Å². The van der Waals surface area contributed by atoms with Crippen molar-refractivity contribution >= 4 is 22.4 Å². The van der Waals surface area contributed by atoms with Gasteiger partial charge in [0.25, 0.3) is 0 Å². The topological polar surface area (TPSA) is 33.1 Å². The van der Waals surface area contributed by atoms with Gasteiger partial charge in [-0.15, -0.1) is 0 Å². The first kappa shape index (κ1) is 16.0. The third-order valence-corrected chi connectivity index (χ3v) is 4.62. The Kier molecular flexibility index (Phi) is 4.94. The summed E-state index contributed by atoms with van der Waals surface area (Å²) in [5, 5.41) is 13.8. The fraction of sp³-hybridized carbons (Fsp3) is 0.250. The van der Waals surface area contributed by atoms with Crippen molar-refractivity contribution in [2.75, 3.05) is 0 Å². The van der Waals surface area contributed by atoms with Crippen LogP contribution in [-0.4, -0.2) is 10.1 Å². The van der Waals surface area contributed by atoms with Gasteiger partial charge in [-0.3, -0.25) is 4.98 Å². The molecule has 0 aliphatic rings. The molecular formula is C20H20ClNO. The quantitative estimate of drug-likeness (QED) is 0.671. The molecule has 2 aromatic carbocycles. The summed E-state index contributed by atoms with van der Waals surface area (Å²) in [7, 11) is 0. The van der Waals surface area contributed by atoms with Crippen LogP contribution in [0.5, 0.6) is 0 Å². The Balaban J connectivity index is 2.01. The summed E-state index contributed by atoms with van der Waals surface area (Å²) in [5.41, 5.74) is 1.89. The summed E-state index contributed by atoms with van der Waals surface area (Å²) < 4.78 is 0. The van der Waals surface area contributed by atoms with Crippen molar-refractivity contribution in [2.45, 2.75) is 31.8 Å². The van der Waals surface area contributed by atoms with Crippen molar-refractivity contribution in [3.63, 3.8) is 0 Å². The van der Waals surface area contributed by atoms with Crippen LogP contribution in [0, 0.1) is 0 Å². The fourth-order valence-corrected chi connectivity index (χ4v) is 3.33. The van der Waals surface area contributed by atoms with Gasteiger partial charge in [-0.2, -0.15) is 0 Å². The van der Waals surface area contributed by atoms with Gasteiger partial charge in [-0.1, -0.05) is 67.4 Å². The highest BCUT2D eigenvalue weighted by Crippen LogP contribution is 2.38. The zero-order valence-electron chi connectivity index (χ0n) is 13.1. The van der Waals surface area contributed by atoms with Gasteiger partial charge in [0.1, 0.15) is 0 Å². The van der Waals surface area contributed by atoms with E-state index < -0.39 is 6.10 Å². The maximum Gasteiger partial charge on any atom is 0.0873 e. The number of hydrogen-bond acceptors (Lipinski definition) is 2. The van der Waals surface area contributed by atoms with E-state index in [4.69, 9.17) is 11.6 Å². The average molecular weight is 326 g/mol. The lowest BCUT2D eigenvalue weighted by Gasteiger charge is -2.24. The lowest BCUT2D eigenvalue weighted by molar-refractivity contribution is 0.140. The number of aliphatic hydroxyl groups excluding tert-OH is 1. The lowest BCUT2D eigenvalue weighted by atomic mass is 9.85. The number of pyridine rings is 1. The molecule has 0 aliphatic carbocycles. The normalized spacial score (nSPS) is 13.9. The van der Waals surface area contributed by atoms with Gasteiger partial charge < -0.3 is 5.11 Å². The second-order valence-electron chi connectivity index (χ2n) is 5.84. The Morgan fingerprint density at radius 1 is 1.09 bits per heavy atom. The minimum atomic E-state index is -0.633. The van der Waals surface area contributed by atoms with Gasteiger partial charge in [0.15, 0.2) is 0 Å². The lowest BCUT2D eigenvalue weighted by Crippen LogP contribution is -2.11. The highest BCUT2D eigenvalue weighted by Gasteiger charge is 2.24. The number of benzene rings is 2. The SMILES string of the molecule is CCC[C@H](c1ccc2ccccc2c1)[C@@H](O)c1ccncc1Cl. The summed E-state index contributed by atoms with van der Waals surface area (Å²) in [4.78, 5) is 4.00. The fourth-order valence-electron chi connectivity index (χ4n) is 3.10. The van der Waals surface area contributed by atoms with Gasteiger partial charge in [0.05, 0.1) is 11.1 Å². The van der Waals surface area contributed by atoms with Gasteiger partial charge in [-0.05, 0) is 28.8 Å². The van der Waals surface area contributed by atoms with Crippen molar-refractivity contribution in [1.29, 1.82) is 0 Å². The van der Waals surface area contributed by atoms with Crippen molar-refractivity contribution in [3.05, 3.63) is 77.1 Å². The van der Waals surface area contributed by atoms with Crippen LogP contribution in [0.15, 0.2) is 60.9 Å². The molecule has 3 heteroatoms. The summed E-state index contributed by atoms with van der Waals surface area (Å²) in [6.45, 7) is 2.13. The maximum absolute atomic E-state index is 10.9. The van der Waals surface area contributed by atoms with Crippen LogP contribution < -0.4 is 0 Å². The molecule has 0 radical (unpaired) electrons. The molecule has 0 spiro atoms. The van der Waals surface area contributed by atoms with E-state index in [-0.39, 0.29) is 5.92 Å². The summed E-state index contributed by atoms with van der Waals surface area (Å²) in [5.74, 6) is 0.0181. The van der Waals surface area contributed by atoms with Gasteiger partial charge in [0, 0.05) is 23.9 Å². The summed E-state index contributed by atoms with van der Waals surface area (Å²) in [6.07, 6.45) is 4.53. The highest BCUT2D eigenvalue weighted by molar-refractivity contribution is 6.31. The first-order valence-electron chi connectivity index (χ1n) is 7.97. The molecule has 0 saturated heterocycles. The molecule has 0 bridgehead atoms. The van der Waals surface area contributed by atoms with Crippen LogP contribution in [0.25, 0.3) is 10.8 Å². The van der Waals surface area contributed by atoms with Crippen molar-refractivity contribution in [1.82, 2.24) is 4.98 Å². The second-order valence-corrected chi connectivity index (χ2v) is 6.25. The standard InChI is InChI=1S/C20H20ClNO/c1-2-5-17(20(23)18-10-11-22-13-19(18)21)16-9-8-14-6-3-4-7-15(14)12-16/h3-4,6-13,17,20,23H,2,5H2,1H3/t17-,20-/m1/s1. The molecule has 2 nitrogen and oxygen atoms in total. The molecule has 23 heavy (non-hydrogen) atoms. The average Bonchev–Trinajstić information content (AvgIpc) is 2.59. The number of aliphatic hydroxyl groups is 1. The highest BCUT2D eigenvalue weighted by atomic mass is 35.5. The van der Waals surface area contributed by atoms with Crippen molar-refractivity contribution in [2.24, 2.45) is 0 Å². The molecular weight excluding hydrogens is 306 g/mol. The minimum absolute atomic E-state index is 0.0181. The number of halogens is 1. The zero-order chi connectivity index (χ0) is 16.2. The Labute approximate surface area is 141 Å². The van der Waals surface area contributed by atoms with E-state index in [0.717, 1.165) is 24.0 Å². The molecule has 0 aliphatic heterocycles. The van der Waals surface area contributed by atoms with Crippen LogP contribution in [0.3, 0.4) is 0 Å². The predicted molar refractivity (Wildman–Crippen MR) is 95.8 cm³/mol. The molecule has 3 aromatic rings. The van der Waals surface area contributed by atoms with Gasteiger partial charge >= 0.3 is 0 Å². The van der Waals surface area contributed by atoms with E-state index in [1.165, 1.54) is 10.8 Å². The monoisotopic (exact) mass is 325 g/mol. The van der Waals surface area contributed by atoms with Gasteiger partial charge in [0.2, 0.25) is 0 Å². The van der Waals surface area contributed by atoms with Crippen LogP contribution in [0.2, 0.25) is 5.02 Å². The molecule has 1 N–H and O–H groups in total. The molecule has 0 unspecified atom stereocenters. The third kappa shape index (κ3) is 3.39. The smallest absolute Gasteiger partial charge is 0.0873 e. The summed E-state index contributed by atoms with van der Waals surface area (Å²) >= 11 is 6.22. The van der Waals surface area contributed by atoms with E-state index in [2.05, 4.69) is 42.2 Å². The van der Waals surface area contributed by atoms with Crippen LogP contribution in [0.4, 0.5) is 0 Å². The first-order valence-corrected chi connectivity index (χ1v) is 8.34. The van der Waals surface area contributed by atoms with Crippen molar-refractivity contribution < 1.29 is 5.11 Å². The Morgan fingerprint density at radius 2 is 1.87 bits per heavy atom. The zero-order valence-corrected chi connectivity index (χ0v) is 13.9. The number of aromatic nitrogens is 1. The summed E-state index contributed by atoms with van der Waals surface area (Å²) in [6, 6.07) is 16.5. The minimum Gasteiger partial charge on any atom is -0.388 e. The molecule has 1 aromatic heterocycles. The molecule has 2 atom stereocenters. The van der Waals surface area contributed by atoms with Crippen LogP contribution in [-0.2, 0) is 0 Å². The number of hydrogen-bond donors (Lipinski definition) is 1. The second kappa shape index (κ2) is 7.12. The van der Waals surface area contributed by atoms with Crippen LogP contribution >= 0.6 is 11.6 Å². The molecule has 0 fully saturated rings. The predicted octanol–water partition coefficient (Wildman–Crippen LogP) is 5.51. The van der Waals surface area contributed by atoms with E-state index in [9.17, 15) is 5.11 Å².